The molecule has 1 aliphatic carbocycles. The maximum atomic E-state index is 12.0. The van der Waals surface area contributed by atoms with Crippen molar-refractivity contribution in [2.24, 2.45) is 5.92 Å². The summed E-state index contributed by atoms with van der Waals surface area (Å²) in [5.41, 5.74) is 0.931. The lowest BCUT2D eigenvalue weighted by Crippen LogP contribution is -2.38. The molecule has 1 fully saturated rings. The molecule has 23 heavy (non-hydrogen) atoms. The lowest BCUT2D eigenvalue weighted by atomic mass is 9.87. The molecular formula is C16H21N5OS. The number of carbonyl (C=O) groups excluding carboxylic acids is 1. The minimum Gasteiger partial charge on any atom is -0.353 e. The lowest BCUT2D eigenvalue weighted by Gasteiger charge is -2.26. The van der Waals surface area contributed by atoms with E-state index < -0.39 is 0 Å². The number of nitrogens with zero attached hydrogens (tertiary/aromatic N) is 3. The Morgan fingerprint density at radius 2 is 2.04 bits per heavy atom. The van der Waals surface area contributed by atoms with E-state index in [9.17, 15) is 4.79 Å². The van der Waals surface area contributed by atoms with Crippen LogP contribution in [0.4, 0.5) is 0 Å². The summed E-state index contributed by atoms with van der Waals surface area (Å²) in [6.07, 6.45) is 8.00. The van der Waals surface area contributed by atoms with Crippen molar-refractivity contribution in [2.75, 3.05) is 5.75 Å². The molecule has 0 aliphatic heterocycles. The Kier molecular flexibility index (Phi) is 5.27. The van der Waals surface area contributed by atoms with E-state index in [1.54, 1.807) is 12.4 Å². The predicted molar refractivity (Wildman–Crippen MR) is 89.9 cm³/mol. The first-order valence-corrected chi connectivity index (χ1v) is 8.94. The van der Waals surface area contributed by atoms with E-state index in [1.165, 1.54) is 24.6 Å². The van der Waals surface area contributed by atoms with Crippen molar-refractivity contribution >= 4 is 17.7 Å². The third-order valence-electron chi connectivity index (χ3n) is 4.13. The quantitative estimate of drug-likeness (QED) is 0.823. The van der Waals surface area contributed by atoms with E-state index in [1.807, 2.05) is 12.1 Å². The Labute approximate surface area is 139 Å². The van der Waals surface area contributed by atoms with Crippen molar-refractivity contribution in [1.82, 2.24) is 25.5 Å². The van der Waals surface area contributed by atoms with Crippen LogP contribution in [0, 0.1) is 5.92 Å². The van der Waals surface area contributed by atoms with Crippen molar-refractivity contribution in [1.29, 1.82) is 0 Å². The van der Waals surface area contributed by atoms with Crippen LogP contribution in [0.2, 0.25) is 0 Å². The number of nitrogens with one attached hydrogen (secondary N) is 2. The highest BCUT2D eigenvalue weighted by Gasteiger charge is 2.20. The van der Waals surface area contributed by atoms with Crippen LogP contribution in [0.15, 0.2) is 29.7 Å². The highest BCUT2D eigenvalue weighted by Crippen LogP contribution is 2.24. The monoisotopic (exact) mass is 331 g/mol. The molecule has 122 valence electrons. The zero-order valence-corrected chi connectivity index (χ0v) is 14.0. The van der Waals surface area contributed by atoms with Gasteiger partial charge in [0.1, 0.15) is 0 Å². The van der Waals surface area contributed by atoms with Crippen LogP contribution in [0.5, 0.6) is 0 Å². The molecule has 1 aliphatic rings. The van der Waals surface area contributed by atoms with E-state index in [2.05, 4.69) is 32.4 Å². The summed E-state index contributed by atoms with van der Waals surface area (Å²) in [5.74, 6) is 1.89. The summed E-state index contributed by atoms with van der Waals surface area (Å²) >= 11 is 1.35. The molecule has 0 spiro atoms. The Balaban J connectivity index is 1.47. The van der Waals surface area contributed by atoms with Crippen LogP contribution < -0.4 is 5.32 Å². The SMILES string of the molecule is CC1CCC(NC(=O)CSc2n[nH]c(-c3ccncc3)n2)CC1. The number of thioether (sulfide) groups is 1. The normalized spacial score (nSPS) is 21.1. The van der Waals surface area contributed by atoms with Crippen molar-refractivity contribution in [3.8, 4) is 11.4 Å². The average molecular weight is 331 g/mol. The maximum absolute atomic E-state index is 12.0. The number of pyridine rings is 1. The summed E-state index contributed by atoms with van der Waals surface area (Å²) in [6, 6.07) is 4.07. The number of hydrogen-bond acceptors (Lipinski definition) is 5. The van der Waals surface area contributed by atoms with Gasteiger partial charge in [0, 0.05) is 24.0 Å². The first kappa shape index (κ1) is 16.0. The molecule has 0 aromatic carbocycles. The van der Waals surface area contributed by atoms with Gasteiger partial charge in [-0.15, -0.1) is 5.10 Å². The van der Waals surface area contributed by atoms with Crippen LogP contribution in [-0.2, 0) is 4.79 Å². The van der Waals surface area contributed by atoms with Gasteiger partial charge in [-0.1, -0.05) is 18.7 Å². The molecule has 2 N–H and O–H groups in total. The fourth-order valence-electron chi connectivity index (χ4n) is 2.75. The number of hydrogen-bond donors (Lipinski definition) is 2. The van der Waals surface area contributed by atoms with Gasteiger partial charge in [0.2, 0.25) is 11.1 Å². The van der Waals surface area contributed by atoms with Crippen LogP contribution in [0.1, 0.15) is 32.6 Å². The Hall–Kier alpha value is -1.89. The molecule has 0 saturated heterocycles. The van der Waals surface area contributed by atoms with Gasteiger partial charge in [0.05, 0.1) is 5.75 Å². The molecule has 3 rings (SSSR count). The number of amides is 1. The molecule has 1 amide bonds. The van der Waals surface area contributed by atoms with Gasteiger partial charge in [0.15, 0.2) is 5.82 Å². The van der Waals surface area contributed by atoms with E-state index in [4.69, 9.17) is 0 Å². The summed E-state index contributed by atoms with van der Waals surface area (Å²) in [6.45, 7) is 2.28. The predicted octanol–water partition coefficient (Wildman–Crippen LogP) is 2.65. The van der Waals surface area contributed by atoms with E-state index in [-0.39, 0.29) is 5.91 Å². The topological polar surface area (TPSA) is 83.6 Å². The average Bonchev–Trinajstić information content (AvgIpc) is 3.05. The molecule has 2 aromatic heterocycles. The molecular weight excluding hydrogens is 310 g/mol. The zero-order valence-electron chi connectivity index (χ0n) is 13.2. The van der Waals surface area contributed by atoms with E-state index >= 15 is 0 Å². The number of H-pyrrole nitrogens is 1. The summed E-state index contributed by atoms with van der Waals surface area (Å²) < 4.78 is 0. The molecule has 0 radical (unpaired) electrons. The highest BCUT2D eigenvalue weighted by molar-refractivity contribution is 7.99. The van der Waals surface area contributed by atoms with Crippen LogP contribution in [0.3, 0.4) is 0 Å². The molecule has 0 atom stereocenters. The molecule has 6 nitrogen and oxygen atoms in total. The van der Waals surface area contributed by atoms with Crippen LogP contribution >= 0.6 is 11.8 Å². The van der Waals surface area contributed by atoms with Crippen molar-refractivity contribution in [2.45, 2.75) is 43.8 Å². The van der Waals surface area contributed by atoms with Gasteiger partial charge in [0.25, 0.3) is 0 Å². The first-order chi connectivity index (χ1) is 11.2. The van der Waals surface area contributed by atoms with Crippen molar-refractivity contribution in [3.63, 3.8) is 0 Å². The fourth-order valence-corrected chi connectivity index (χ4v) is 3.36. The maximum Gasteiger partial charge on any atom is 0.230 e. The van der Waals surface area contributed by atoms with Gasteiger partial charge >= 0.3 is 0 Å². The number of rotatable bonds is 5. The third-order valence-corrected chi connectivity index (χ3v) is 4.98. The number of aromatic amines is 1. The summed E-state index contributed by atoms with van der Waals surface area (Å²) in [5, 5.41) is 10.7. The zero-order chi connectivity index (χ0) is 16.1. The third kappa shape index (κ3) is 4.54. The minimum atomic E-state index is 0.0600. The van der Waals surface area contributed by atoms with Crippen LogP contribution in [-0.4, -0.2) is 37.9 Å². The van der Waals surface area contributed by atoms with Gasteiger partial charge in [-0.3, -0.25) is 14.9 Å². The van der Waals surface area contributed by atoms with Gasteiger partial charge in [-0.25, -0.2) is 4.98 Å². The standard InChI is InChI=1S/C16H21N5OS/c1-11-2-4-13(5-3-11)18-14(22)10-23-16-19-15(20-21-16)12-6-8-17-9-7-12/h6-9,11,13H,2-5,10H2,1H3,(H,18,22)(H,19,20,21). The number of carbonyl (C=O) groups is 1. The largest absolute Gasteiger partial charge is 0.353 e. The molecule has 7 heteroatoms. The van der Waals surface area contributed by atoms with E-state index in [0.717, 1.165) is 24.3 Å². The molecule has 2 aromatic rings. The Bertz CT molecular complexity index is 637. The molecule has 1 saturated carbocycles. The van der Waals surface area contributed by atoms with Crippen molar-refractivity contribution in [3.05, 3.63) is 24.5 Å². The Morgan fingerprint density at radius 1 is 1.30 bits per heavy atom. The second-order valence-corrected chi connectivity index (χ2v) is 6.96. The lowest BCUT2D eigenvalue weighted by molar-refractivity contribution is -0.119. The van der Waals surface area contributed by atoms with Crippen molar-refractivity contribution < 1.29 is 4.79 Å². The van der Waals surface area contributed by atoms with Gasteiger partial charge in [-0.05, 0) is 43.7 Å². The molecule has 0 bridgehead atoms. The second-order valence-electron chi connectivity index (χ2n) is 6.02. The fraction of sp³-hybridized carbons (Fsp3) is 0.500. The van der Waals surface area contributed by atoms with E-state index in [0.29, 0.717) is 22.8 Å². The molecule has 2 heterocycles. The van der Waals surface area contributed by atoms with Gasteiger partial charge < -0.3 is 5.32 Å². The molecule has 0 unspecified atom stereocenters. The summed E-state index contributed by atoms with van der Waals surface area (Å²) in [7, 11) is 0. The summed E-state index contributed by atoms with van der Waals surface area (Å²) in [4.78, 5) is 20.4. The Morgan fingerprint density at radius 3 is 2.78 bits per heavy atom. The first-order valence-electron chi connectivity index (χ1n) is 7.95. The van der Waals surface area contributed by atoms with Gasteiger partial charge in [-0.2, -0.15) is 0 Å². The number of aromatic nitrogens is 4. The smallest absolute Gasteiger partial charge is 0.230 e. The van der Waals surface area contributed by atoms with Crippen LogP contribution in [0.25, 0.3) is 11.4 Å². The second kappa shape index (κ2) is 7.59. The minimum absolute atomic E-state index is 0.0600. The highest BCUT2D eigenvalue weighted by atomic mass is 32.2.